The number of aryl methyl sites for hydroxylation is 1. The summed E-state index contributed by atoms with van der Waals surface area (Å²) in [4.78, 5) is 17.1. The molecule has 4 nitrogen and oxygen atoms in total. The maximum absolute atomic E-state index is 12.9. The van der Waals surface area contributed by atoms with Crippen molar-refractivity contribution >= 4 is 22.2 Å². The summed E-state index contributed by atoms with van der Waals surface area (Å²) in [5, 5.41) is 3.77. The lowest BCUT2D eigenvalue weighted by Crippen LogP contribution is -2.10. The van der Waals surface area contributed by atoms with Crippen LogP contribution in [0, 0.1) is 6.92 Å². The fraction of sp³-hybridized carbons (Fsp3) is 0.0909. The number of nitrogens with zero attached hydrogens (tertiary/aromatic N) is 1. The number of furan rings is 1. The predicted octanol–water partition coefficient (Wildman–Crippen LogP) is 6.65. The van der Waals surface area contributed by atoms with E-state index in [0.29, 0.717) is 21.3 Å². The number of alkyl halides is 3. The van der Waals surface area contributed by atoms with Crippen LogP contribution in [0.25, 0.3) is 21.8 Å². The molecule has 0 saturated carbocycles. The summed E-state index contributed by atoms with van der Waals surface area (Å²) in [6.07, 6.45) is -3.01. The number of anilines is 1. The molecule has 0 saturated heterocycles. The van der Waals surface area contributed by atoms with Gasteiger partial charge in [0, 0.05) is 11.1 Å². The first-order valence-corrected chi connectivity index (χ1v) is 9.73. The minimum Gasteiger partial charge on any atom is -0.459 e. The van der Waals surface area contributed by atoms with Crippen molar-refractivity contribution in [1.29, 1.82) is 0 Å². The smallest absolute Gasteiger partial charge is 0.416 e. The second-order valence-electron chi connectivity index (χ2n) is 6.57. The number of halogens is 3. The summed E-state index contributed by atoms with van der Waals surface area (Å²) in [6, 6.07) is 15.5. The van der Waals surface area contributed by atoms with Crippen molar-refractivity contribution in [1.82, 2.24) is 4.98 Å². The van der Waals surface area contributed by atoms with Crippen molar-refractivity contribution in [3.05, 3.63) is 83.8 Å². The number of rotatable bonds is 4. The van der Waals surface area contributed by atoms with Gasteiger partial charge in [0.25, 0.3) is 5.91 Å². The molecule has 2 aromatic carbocycles. The van der Waals surface area contributed by atoms with E-state index in [9.17, 15) is 18.0 Å². The lowest BCUT2D eigenvalue weighted by molar-refractivity contribution is -0.137. The highest BCUT2D eigenvalue weighted by atomic mass is 32.1. The Hall–Kier alpha value is -3.39. The highest BCUT2D eigenvalue weighted by Crippen LogP contribution is 2.39. The first kappa shape index (κ1) is 19.9. The minimum absolute atomic E-state index is 0.148. The zero-order valence-electron chi connectivity index (χ0n) is 15.7. The minimum atomic E-state index is -4.41. The van der Waals surface area contributed by atoms with E-state index in [1.165, 1.54) is 29.7 Å². The third kappa shape index (κ3) is 4.13. The van der Waals surface area contributed by atoms with Gasteiger partial charge in [-0.2, -0.15) is 13.2 Å². The van der Waals surface area contributed by atoms with E-state index in [4.69, 9.17) is 4.42 Å². The Labute approximate surface area is 174 Å². The highest BCUT2D eigenvalue weighted by molar-refractivity contribution is 7.19. The maximum atomic E-state index is 12.9. The summed E-state index contributed by atoms with van der Waals surface area (Å²) >= 11 is 1.18. The Morgan fingerprint density at radius 3 is 2.27 bits per heavy atom. The van der Waals surface area contributed by atoms with E-state index < -0.39 is 17.6 Å². The van der Waals surface area contributed by atoms with Crippen molar-refractivity contribution in [2.24, 2.45) is 0 Å². The van der Waals surface area contributed by atoms with Crippen molar-refractivity contribution in [2.75, 3.05) is 5.32 Å². The molecule has 152 valence electrons. The van der Waals surface area contributed by atoms with E-state index in [-0.39, 0.29) is 5.76 Å². The van der Waals surface area contributed by atoms with Gasteiger partial charge in [0.2, 0.25) is 0 Å². The SMILES string of the molecule is Cc1ccc(-c2nc(-c3ccc(C(F)(F)F)cc3)sc2NC(=O)c2ccco2)cc1. The van der Waals surface area contributed by atoms with E-state index >= 15 is 0 Å². The Bertz CT molecular complexity index is 1160. The molecule has 0 aliphatic carbocycles. The number of nitrogens with one attached hydrogen (secondary N) is 1. The monoisotopic (exact) mass is 428 g/mol. The van der Waals surface area contributed by atoms with Crippen molar-refractivity contribution in [3.8, 4) is 21.8 Å². The molecule has 0 fully saturated rings. The molecule has 1 N–H and O–H groups in total. The molecule has 4 aromatic rings. The second-order valence-corrected chi connectivity index (χ2v) is 7.57. The predicted molar refractivity (Wildman–Crippen MR) is 109 cm³/mol. The van der Waals surface area contributed by atoms with Crippen molar-refractivity contribution in [2.45, 2.75) is 13.1 Å². The number of carbonyl (C=O) groups is 1. The Morgan fingerprint density at radius 1 is 1.00 bits per heavy atom. The van der Waals surface area contributed by atoms with Gasteiger partial charge in [0.05, 0.1) is 11.8 Å². The van der Waals surface area contributed by atoms with Gasteiger partial charge in [0.15, 0.2) is 5.76 Å². The summed E-state index contributed by atoms with van der Waals surface area (Å²) in [5.74, 6) is -0.287. The van der Waals surface area contributed by atoms with Gasteiger partial charge in [-0.1, -0.05) is 53.3 Å². The van der Waals surface area contributed by atoms with Crippen LogP contribution < -0.4 is 5.32 Å². The van der Waals surface area contributed by atoms with Gasteiger partial charge in [0.1, 0.15) is 15.7 Å². The molecule has 2 heterocycles. The number of hydrogen-bond donors (Lipinski definition) is 1. The molecule has 2 aromatic heterocycles. The van der Waals surface area contributed by atoms with E-state index in [1.54, 1.807) is 12.1 Å². The molecule has 0 atom stereocenters. The van der Waals surface area contributed by atoms with Gasteiger partial charge >= 0.3 is 6.18 Å². The maximum Gasteiger partial charge on any atom is 0.416 e. The molecule has 0 aliphatic heterocycles. The molecule has 30 heavy (non-hydrogen) atoms. The van der Waals surface area contributed by atoms with Gasteiger partial charge < -0.3 is 9.73 Å². The van der Waals surface area contributed by atoms with E-state index in [1.807, 2.05) is 31.2 Å². The zero-order valence-corrected chi connectivity index (χ0v) is 16.5. The van der Waals surface area contributed by atoms with Crippen LogP contribution in [0.15, 0.2) is 71.3 Å². The molecule has 0 unspecified atom stereocenters. The summed E-state index contributed by atoms with van der Waals surface area (Å²) in [6.45, 7) is 1.96. The summed E-state index contributed by atoms with van der Waals surface area (Å²) in [7, 11) is 0. The Balaban J connectivity index is 1.73. The van der Waals surface area contributed by atoms with E-state index in [2.05, 4.69) is 10.3 Å². The third-order valence-corrected chi connectivity index (χ3v) is 5.40. The summed E-state index contributed by atoms with van der Waals surface area (Å²) in [5.41, 5.74) is 2.19. The second kappa shape index (κ2) is 7.79. The molecule has 1 amide bonds. The molecule has 0 spiro atoms. The molecule has 0 aliphatic rings. The fourth-order valence-corrected chi connectivity index (χ4v) is 3.80. The Kier molecular flexibility index (Phi) is 5.17. The largest absolute Gasteiger partial charge is 0.459 e. The number of benzene rings is 2. The molecule has 0 bridgehead atoms. The van der Waals surface area contributed by atoms with Crippen LogP contribution in [0.2, 0.25) is 0 Å². The lowest BCUT2D eigenvalue weighted by atomic mass is 10.1. The molecular formula is C22H15F3N2O2S. The third-order valence-electron chi connectivity index (χ3n) is 4.38. The lowest BCUT2D eigenvalue weighted by Gasteiger charge is -2.06. The van der Waals surface area contributed by atoms with Crippen LogP contribution in [0.4, 0.5) is 18.2 Å². The topological polar surface area (TPSA) is 55.1 Å². The van der Waals surface area contributed by atoms with Gasteiger partial charge in [-0.25, -0.2) is 4.98 Å². The number of hydrogen-bond acceptors (Lipinski definition) is 4. The van der Waals surface area contributed by atoms with Crippen molar-refractivity contribution in [3.63, 3.8) is 0 Å². The quantitative estimate of drug-likeness (QED) is 0.396. The van der Waals surface area contributed by atoms with Crippen molar-refractivity contribution < 1.29 is 22.4 Å². The number of thiazole rings is 1. The van der Waals surface area contributed by atoms with Crippen LogP contribution >= 0.6 is 11.3 Å². The average molecular weight is 428 g/mol. The van der Waals surface area contributed by atoms with Crippen LogP contribution in [-0.4, -0.2) is 10.9 Å². The van der Waals surface area contributed by atoms with Gasteiger partial charge in [-0.15, -0.1) is 0 Å². The molecule has 0 radical (unpaired) electrons. The molecule has 8 heteroatoms. The normalized spacial score (nSPS) is 11.5. The number of amides is 1. The molecule has 4 rings (SSSR count). The fourth-order valence-electron chi connectivity index (χ4n) is 2.81. The number of aromatic nitrogens is 1. The first-order chi connectivity index (χ1) is 14.3. The van der Waals surface area contributed by atoms with Crippen LogP contribution in [0.5, 0.6) is 0 Å². The van der Waals surface area contributed by atoms with Gasteiger partial charge in [-0.05, 0) is 31.2 Å². The number of carbonyl (C=O) groups excluding carboxylic acids is 1. The standard InChI is InChI=1S/C22H15F3N2O2S/c1-13-4-6-14(7-5-13)18-21(27-19(28)17-3-2-12-29-17)30-20(26-18)15-8-10-16(11-9-15)22(23,24)25/h2-12H,1H3,(H,27,28). The zero-order chi connectivity index (χ0) is 21.3. The van der Waals surface area contributed by atoms with E-state index in [0.717, 1.165) is 23.3 Å². The first-order valence-electron chi connectivity index (χ1n) is 8.91. The van der Waals surface area contributed by atoms with Gasteiger partial charge in [-0.3, -0.25) is 4.79 Å². The van der Waals surface area contributed by atoms with Crippen LogP contribution in [-0.2, 0) is 6.18 Å². The summed E-state index contributed by atoms with van der Waals surface area (Å²) < 4.78 is 43.7. The van der Waals surface area contributed by atoms with Crippen LogP contribution in [0.3, 0.4) is 0 Å². The molecular weight excluding hydrogens is 413 g/mol. The highest BCUT2D eigenvalue weighted by Gasteiger charge is 2.30. The Morgan fingerprint density at radius 2 is 1.67 bits per heavy atom. The average Bonchev–Trinajstić information content (AvgIpc) is 3.38. The van der Waals surface area contributed by atoms with Crippen LogP contribution in [0.1, 0.15) is 21.7 Å².